The third-order valence-electron chi connectivity index (χ3n) is 1.86. The number of rotatable bonds is 5. The second kappa shape index (κ2) is 6.58. The van der Waals surface area contributed by atoms with Crippen LogP contribution in [0.2, 0.25) is 0 Å². The van der Waals surface area contributed by atoms with Crippen LogP contribution < -0.4 is 5.32 Å². The van der Waals surface area contributed by atoms with Crippen LogP contribution in [0, 0.1) is 11.3 Å². The Morgan fingerprint density at radius 2 is 2.29 bits per heavy atom. The van der Waals surface area contributed by atoms with Crippen LogP contribution in [0.15, 0.2) is 28.7 Å². The van der Waals surface area contributed by atoms with E-state index in [0.717, 1.165) is 24.0 Å². The van der Waals surface area contributed by atoms with E-state index >= 15 is 0 Å². The van der Waals surface area contributed by atoms with Crippen LogP contribution in [0.3, 0.4) is 0 Å². The fourth-order valence-corrected chi connectivity index (χ4v) is 1.62. The molecule has 0 spiro atoms. The first-order chi connectivity index (χ1) is 6.83. The highest BCUT2D eigenvalue weighted by atomic mass is 79.9. The molecule has 14 heavy (non-hydrogen) atoms. The van der Waals surface area contributed by atoms with E-state index < -0.39 is 0 Å². The van der Waals surface area contributed by atoms with Crippen LogP contribution in [0.1, 0.15) is 18.4 Å². The van der Waals surface area contributed by atoms with E-state index in [1.165, 1.54) is 5.56 Å². The van der Waals surface area contributed by atoms with Crippen molar-refractivity contribution in [1.29, 1.82) is 5.26 Å². The van der Waals surface area contributed by atoms with Crippen molar-refractivity contribution in [2.45, 2.75) is 19.4 Å². The molecule has 1 aromatic carbocycles. The van der Waals surface area contributed by atoms with Crippen LogP contribution in [0.5, 0.6) is 0 Å². The lowest BCUT2D eigenvalue weighted by atomic mass is 10.2. The van der Waals surface area contributed by atoms with E-state index in [9.17, 15) is 0 Å². The van der Waals surface area contributed by atoms with Gasteiger partial charge in [0.05, 0.1) is 6.07 Å². The Bertz CT molecular complexity index is 317. The van der Waals surface area contributed by atoms with Gasteiger partial charge in [0.15, 0.2) is 0 Å². The summed E-state index contributed by atoms with van der Waals surface area (Å²) in [6.45, 7) is 1.77. The average Bonchev–Trinajstić information content (AvgIpc) is 2.18. The Morgan fingerprint density at radius 1 is 1.43 bits per heavy atom. The van der Waals surface area contributed by atoms with Gasteiger partial charge in [-0.25, -0.2) is 0 Å². The van der Waals surface area contributed by atoms with Crippen molar-refractivity contribution < 1.29 is 0 Å². The first kappa shape index (κ1) is 11.2. The molecular weight excluding hydrogens is 240 g/mol. The standard InChI is InChI=1S/C11H13BrN2/c12-11-5-3-4-10(8-11)9-14-7-2-1-6-13/h3-5,8,14H,1-2,7,9H2. The van der Waals surface area contributed by atoms with E-state index in [1.54, 1.807) is 0 Å². The van der Waals surface area contributed by atoms with Gasteiger partial charge in [0.1, 0.15) is 0 Å². The molecule has 74 valence electrons. The number of unbranched alkanes of at least 4 members (excludes halogenated alkanes) is 1. The first-order valence-electron chi connectivity index (χ1n) is 4.65. The lowest BCUT2D eigenvalue weighted by Crippen LogP contribution is -2.14. The van der Waals surface area contributed by atoms with Crippen LogP contribution >= 0.6 is 15.9 Å². The molecule has 0 heterocycles. The highest BCUT2D eigenvalue weighted by molar-refractivity contribution is 9.10. The van der Waals surface area contributed by atoms with Crippen LogP contribution in [-0.4, -0.2) is 6.54 Å². The second-order valence-electron chi connectivity index (χ2n) is 3.07. The number of nitriles is 1. The summed E-state index contributed by atoms with van der Waals surface area (Å²) in [5.74, 6) is 0. The van der Waals surface area contributed by atoms with Crippen molar-refractivity contribution in [2.75, 3.05) is 6.54 Å². The zero-order valence-corrected chi connectivity index (χ0v) is 9.55. The summed E-state index contributed by atoms with van der Waals surface area (Å²) in [7, 11) is 0. The molecule has 0 aliphatic carbocycles. The largest absolute Gasteiger partial charge is 0.313 e. The molecule has 0 bridgehead atoms. The van der Waals surface area contributed by atoms with Gasteiger partial charge in [0, 0.05) is 17.4 Å². The molecule has 0 aliphatic rings. The first-order valence-corrected chi connectivity index (χ1v) is 5.44. The lowest BCUT2D eigenvalue weighted by molar-refractivity contribution is 0.657. The Morgan fingerprint density at radius 3 is 3.00 bits per heavy atom. The minimum atomic E-state index is 0.630. The lowest BCUT2D eigenvalue weighted by Gasteiger charge is -2.03. The number of hydrogen-bond acceptors (Lipinski definition) is 2. The van der Waals surface area contributed by atoms with E-state index in [2.05, 4.69) is 39.4 Å². The third kappa shape index (κ3) is 4.40. The molecule has 0 fully saturated rings. The van der Waals surface area contributed by atoms with Crippen molar-refractivity contribution in [3.05, 3.63) is 34.3 Å². The number of nitrogens with zero attached hydrogens (tertiary/aromatic N) is 1. The normalized spacial score (nSPS) is 9.71. The van der Waals surface area contributed by atoms with Crippen LogP contribution in [0.4, 0.5) is 0 Å². The molecular formula is C11H13BrN2. The summed E-state index contributed by atoms with van der Waals surface area (Å²) in [6.07, 6.45) is 1.55. The maximum absolute atomic E-state index is 8.34. The molecule has 0 amide bonds. The van der Waals surface area contributed by atoms with Gasteiger partial charge in [-0.2, -0.15) is 5.26 Å². The minimum absolute atomic E-state index is 0.630. The van der Waals surface area contributed by atoms with Crippen molar-refractivity contribution in [3.8, 4) is 6.07 Å². The van der Waals surface area contributed by atoms with Crippen LogP contribution in [-0.2, 0) is 6.54 Å². The topological polar surface area (TPSA) is 35.8 Å². The molecule has 0 saturated carbocycles. The molecule has 0 radical (unpaired) electrons. The molecule has 3 heteroatoms. The Labute approximate surface area is 93.1 Å². The minimum Gasteiger partial charge on any atom is -0.313 e. The second-order valence-corrected chi connectivity index (χ2v) is 3.98. The monoisotopic (exact) mass is 252 g/mol. The SMILES string of the molecule is N#CCCCNCc1cccc(Br)c1. The van der Waals surface area contributed by atoms with Gasteiger partial charge in [0.25, 0.3) is 0 Å². The maximum atomic E-state index is 8.34. The predicted octanol–water partition coefficient (Wildman–Crippen LogP) is 2.84. The van der Waals surface area contributed by atoms with Gasteiger partial charge in [-0.15, -0.1) is 0 Å². The van der Waals surface area contributed by atoms with Crippen molar-refractivity contribution in [3.63, 3.8) is 0 Å². The number of halogens is 1. The quantitative estimate of drug-likeness (QED) is 0.819. The third-order valence-corrected chi connectivity index (χ3v) is 2.35. The van der Waals surface area contributed by atoms with Gasteiger partial charge in [-0.1, -0.05) is 28.1 Å². The van der Waals surface area contributed by atoms with Crippen molar-refractivity contribution in [1.82, 2.24) is 5.32 Å². The molecule has 1 aromatic rings. The highest BCUT2D eigenvalue weighted by Gasteiger charge is 1.93. The van der Waals surface area contributed by atoms with Crippen molar-refractivity contribution >= 4 is 15.9 Å². The van der Waals surface area contributed by atoms with E-state index in [4.69, 9.17) is 5.26 Å². The van der Waals surface area contributed by atoms with Gasteiger partial charge >= 0.3 is 0 Å². The molecule has 0 unspecified atom stereocenters. The molecule has 0 aliphatic heterocycles. The van der Waals surface area contributed by atoms with Gasteiger partial charge in [-0.05, 0) is 30.7 Å². The number of benzene rings is 1. The van der Waals surface area contributed by atoms with Gasteiger partial charge in [-0.3, -0.25) is 0 Å². The van der Waals surface area contributed by atoms with E-state index in [0.29, 0.717) is 6.42 Å². The molecule has 1 N–H and O–H groups in total. The van der Waals surface area contributed by atoms with E-state index in [-0.39, 0.29) is 0 Å². The average molecular weight is 253 g/mol. The summed E-state index contributed by atoms with van der Waals surface area (Å²) in [4.78, 5) is 0. The Hall–Kier alpha value is -0.850. The van der Waals surface area contributed by atoms with Crippen molar-refractivity contribution in [2.24, 2.45) is 0 Å². The smallest absolute Gasteiger partial charge is 0.0622 e. The molecule has 0 saturated heterocycles. The van der Waals surface area contributed by atoms with Gasteiger partial charge in [0.2, 0.25) is 0 Å². The van der Waals surface area contributed by atoms with E-state index in [1.807, 2.05) is 12.1 Å². The fourth-order valence-electron chi connectivity index (χ4n) is 1.17. The summed E-state index contributed by atoms with van der Waals surface area (Å²) < 4.78 is 1.11. The fraction of sp³-hybridized carbons (Fsp3) is 0.364. The zero-order valence-electron chi connectivity index (χ0n) is 7.96. The molecule has 2 nitrogen and oxygen atoms in total. The molecule has 0 aromatic heterocycles. The predicted molar refractivity (Wildman–Crippen MR) is 60.7 cm³/mol. The summed E-state index contributed by atoms with van der Waals surface area (Å²) in [5, 5.41) is 11.6. The van der Waals surface area contributed by atoms with Gasteiger partial charge < -0.3 is 5.32 Å². The number of hydrogen-bond donors (Lipinski definition) is 1. The molecule has 1 rings (SSSR count). The summed E-state index contributed by atoms with van der Waals surface area (Å²) in [5.41, 5.74) is 1.26. The molecule has 0 atom stereocenters. The maximum Gasteiger partial charge on any atom is 0.0622 e. The summed E-state index contributed by atoms with van der Waals surface area (Å²) in [6, 6.07) is 10.3. The summed E-state index contributed by atoms with van der Waals surface area (Å²) >= 11 is 3.43. The Balaban J connectivity index is 2.22. The Kier molecular flexibility index (Phi) is 5.28. The van der Waals surface area contributed by atoms with Crippen LogP contribution in [0.25, 0.3) is 0 Å². The highest BCUT2D eigenvalue weighted by Crippen LogP contribution is 2.11. The zero-order chi connectivity index (χ0) is 10.2. The number of nitrogens with one attached hydrogen (secondary N) is 1.